The van der Waals surface area contributed by atoms with Gasteiger partial charge in [0.2, 0.25) is 0 Å². The van der Waals surface area contributed by atoms with Crippen LogP contribution in [0.15, 0.2) is 0 Å². The molecule has 0 aliphatic carbocycles. The van der Waals surface area contributed by atoms with Crippen LogP contribution in [0, 0.1) is 0 Å². The molecule has 0 aliphatic heterocycles. The smallest absolute Gasteiger partial charge is 0.129 e. The van der Waals surface area contributed by atoms with Crippen LogP contribution >= 0.6 is 0 Å². The van der Waals surface area contributed by atoms with Gasteiger partial charge in [-0.3, -0.25) is 0 Å². The molecule has 0 fully saturated rings. The first-order valence-electron chi connectivity index (χ1n) is 3.71. The van der Waals surface area contributed by atoms with Crippen LogP contribution in [0.4, 0.5) is 0 Å². The monoisotopic (exact) mass is 183 g/mol. The Hall–Kier alpha value is 0.170. The van der Waals surface area contributed by atoms with Gasteiger partial charge in [-0.2, -0.15) is 4.65 Å². The molecule has 0 aromatic carbocycles. The van der Waals surface area contributed by atoms with Gasteiger partial charge < -0.3 is 17.5 Å². The minimum atomic E-state index is 0. The molecule has 0 aromatic heterocycles. The highest BCUT2D eigenvalue weighted by Crippen LogP contribution is 1.99. The maximum absolute atomic E-state index is 8.46. The summed E-state index contributed by atoms with van der Waals surface area (Å²) in [5.41, 5.74) is 0. The number of quaternary nitrogens is 1. The maximum Gasteiger partial charge on any atom is 0.129 e. The molecule has 11 heavy (non-hydrogen) atoms. The zero-order valence-electron chi connectivity index (χ0n) is 7.51. The summed E-state index contributed by atoms with van der Waals surface area (Å²) in [6, 6.07) is 0. The lowest BCUT2D eigenvalue weighted by Gasteiger charge is -2.25. The fourth-order valence-corrected chi connectivity index (χ4v) is 0.891. The van der Waals surface area contributed by atoms with Crippen LogP contribution in [0.25, 0.3) is 0 Å². The number of hydrogen-bond acceptors (Lipinski definition) is 2. The van der Waals surface area contributed by atoms with Crippen molar-refractivity contribution < 1.29 is 27.0 Å². The summed E-state index contributed by atoms with van der Waals surface area (Å²) in [4.78, 5) is 5.31. The molecule has 0 aromatic rings. The van der Waals surface area contributed by atoms with Crippen molar-refractivity contribution in [2.24, 2.45) is 0 Å². The van der Waals surface area contributed by atoms with Gasteiger partial charge in [-0.15, -0.1) is 0 Å². The van der Waals surface area contributed by atoms with E-state index in [1.54, 1.807) is 0 Å². The van der Waals surface area contributed by atoms with Gasteiger partial charge in [0.1, 0.15) is 13.2 Å². The van der Waals surface area contributed by atoms with Crippen molar-refractivity contribution in [1.82, 2.24) is 0 Å². The molecule has 0 spiro atoms. The largest absolute Gasteiger partial charge is 1.00 e. The van der Waals surface area contributed by atoms with Crippen molar-refractivity contribution in [1.29, 1.82) is 0 Å². The van der Waals surface area contributed by atoms with E-state index >= 15 is 0 Å². The van der Waals surface area contributed by atoms with Crippen molar-refractivity contribution in [2.75, 3.05) is 33.9 Å². The van der Waals surface area contributed by atoms with Crippen molar-refractivity contribution in [3.63, 3.8) is 0 Å². The first kappa shape index (κ1) is 13.7. The summed E-state index contributed by atoms with van der Waals surface area (Å²) in [6.45, 7) is 3.63. The van der Waals surface area contributed by atoms with E-state index in [4.69, 9.17) is 9.94 Å². The van der Waals surface area contributed by atoms with Gasteiger partial charge in [-0.05, 0) is 6.42 Å². The minimum Gasteiger partial charge on any atom is -1.00 e. The number of aliphatic hydroxyl groups excluding tert-OH is 1. The molecule has 0 unspecified atom stereocenters. The molecular weight excluding hydrogens is 166 g/mol. The Morgan fingerprint density at radius 2 is 1.91 bits per heavy atom. The third-order valence-electron chi connectivity index (χ3n) is 1.29. The van der Waals surface area contributed by atoms with E-state index in [0.29, 0.717) is 11.3 Å². The number of aliphatic hydroxyl groups is 1. The van der Waals surface area contributed by atoms with Crippen LogP contribution in [0.3, 0.4) is 0 Å². The lowest BCUT2D eigenvalue weighted by atomic mass is 10.4. The van der Waals surface area contributed by atoms with E-state index in [-0.39, 0.29) is 19.0 Å². The summed E-state index contributed by atoms with van der Waals surface area (Å²) in [5.74, 6) is 0. The molecule has 0 rings (SSSR count). The molecule has 0 amide bonds. The molecule has 3 nitrogen and oxygen atoms in total. The zero-order valence-corrected chi connectivity index (χ0v) is 8.26. The molecule has 0 radical (unpaired) electrons. The average Bonchev–Trinajstić information content (AvgIpc) is 1.84. The topological polar surface area (TPSA) is 29.5 Å². The third-order valence-corrected chi connectivity index (χ3v) is 1.29. The summed E-state index contributed by atoms with van der Waals surface area (Å²) in [6.07, 6.45) is 1.10. The van der Waals surface area contributed by atoms with Gasteiger partial charge in [0.25, 0.3) is 0 Å². The lowest BCUT2D eigenvalue weighted by Crippen LogP contribution is -3.00. The van der Waals surface area contributed by atoms with Crippen molar-refractivity contribution in [2.45, 2.75) is 13.3 Å². The molecule has 0 bridgehead atoms. The van der Waals surface area contributed by atoms with E-state index in [2.05, 4.69) is 6.92 Å². The van der Waals surface area contributed by atoms with Gasteiger partial charge in [-0.25, -0.2) is 4.84 Å². The summed E-state index contributed by atoms with van der Waals surface area (Å²) < 4.78 is 0.539. The lowest BCUT2D eigenvalue weighted by molar-refractivity contribution is -1.08. The minimum absolute atomic E-state index is 0. The van der Waals surface area contributed by atoms with Crippen LogP contribution < -0.4 is 12.4 Å². The second-order valence-electron chi connectivity index (χ2n) is 2.85. The normalized spacial score (nSPS) is 10.9. The van der Waals surface area contributed by atoms with E-state index in [1.807, 2.05) is 14.1 Å². The first-order chi connectivity index (χ1) is 4.62. The molecule has 1 N–H and O–H groups in total. The van der Waals surface area contributed by atoms with Crippen LogP contribution in [-0.2, 0) is 4.84 Å². The highest BCUT2D eigenvalue weighted by molar-refractivity contribution is 4.21. The standard InChI is InChI=1S/C7H18NO2.ClH/c1-4-5-8(2,3)10-7-6-9;/h9H,4-7H2,1-3H3;1H/q+1;/p-1. The highest BCUT2D eigenvalue weighted by Gasteiger charge is 2.13. The number of hydroxylamine groups is 3. The number of halogens is 1. The summed E-state index contributed by atoms with van der Waals surface area (Å²) in [7, 11) is 3.97. The molecule has 0 atom stereocenters. The first-order valence-corrected chi connectivity index (χ1v) is 3.71. The molecule has 0 saturated carbocycles. The molecule has 0 aliphatic rings. The summed E-state index contributed by atoms with van der Waals surface area (Å²) in [5, 5.41) is 8.46. The predicted molar refractivity (Wildman–Crippen MR) is 40.3 cm³/mol. The SMILES string of the molecule is CCC[N+](C)(C)OCCO.[Cl-]. The van der Waals surface area contributed by atoms with Crippen molar-refractivity contribution in [3.05, 3.63) is 0 Å². The van der Waals surface area contributed by atoms with Crippen LogP contribution in [0.5, 0.6) is 0 Å². The third kappa shape index (κ3) is 8.07. The summed E-state index contributed by atoms with van der Waals surface area (Å²) >= 11 is 0. The molecule has 0 heterocycles. The maximum atomic E-state index is 8.46. The average molecular weight is 184 g/mol. The van der Waals surface area contributed by atoms with E-state index in [1.165, 1.54) is 0 Å². The van der Waals surface area contributed by atoms with Crippen molar-refractivity contribution in [3.8, 4) is 0 Å². The number of nitrogens with zero attached hydrogens (tertiary/aromatic N) is 1. The van der Waals surface area contributed by atoms with E-state index in [0.717, 1.165) is 13.0 Å². The van der Waals surface area contributed by atoms with Gasteiger partial charge in [0, 0.05) is 0 Å². The quantitative estimate of drug-likeness (QED) is 0.374. The van der Waals surface area contributed by atoms with Crippen LogP contribution in [0.1, 0.15) is 13.3 Å². The highest BCUT2D eigenvalue weighted by atomic mass is 35.5. The van der Waals surface area contributed by atoms with Crippen LogP contribution in [-0.4, -0.2) is 43.6 Å². The Bertz CT molecular complexity index is 88.5. The molecule has 70 valence electrons. The second kappa shape index (κ2) is 6.85. The Balaban J connectivity index is 0. The van der Waals surface area contributed by atoms with Gasteiger partial charge in [0.15, 0.2) is 0 Å². The van der Waals surface area contributed by atoms with Gasteiger partial charge in [0.05, 0.1) is 20.7 Å². The molecule has 0 saturated heterocycles. The Morgan fingerprint density at radius 3 is 2.27 bits per heavy atom. The number of hydrogen-bond donors (Lipinski definition) is 1. The zero-order chi connectivity index (χ0) is 8.04. The Labute approximate surface area is 74.9 Å². The van der Waals surface area contributed by atoms with Gasteiger partial charge in [-0.1, -0.05) is 6.92 Å². The second-order valence-corrected chi connectivity index (χ2v) is 2.85. The van der Waals surface area contributed by atoms with E-state index in [9.17, 15) is 0 Å². The van der Waals surface area contributed by atoms with Gasteiger partial charge >= 0.3 is 0 Å². The number of rotatable bonds is 5. The fraction of sp³-hybridized carbons (Fsp3) is 1.00. The molecule has 4 heteroatoms. The predicted octanol–water partition coefficient (Wildman–Crippen LogP) is -2.60. The van der Waals surface area contributed by atoms with Crippen LogP contribution in [0.2, 0.25) is 0 Å². The Morgan fingerprint density at radius 1 is 1.36 bits per heavy atom. The van der Waals surface area contributed by atoms with E-state index < -0.39 is 0 Å². The fourth-order valence-electron chi connectivity index (χ4n) is 0.891. The molecular formula is C7H18ClNO2. The van der Waals surface area contributed by atoms with Crippen molar-refractivity contribution >= 4 is 0 Å². The Kier molecular flexibility index (Phi) is 8.56.